The molecule has 2 aromatic carbocycles. The van der Waals surface area contributed by atoms with E-state index in [1.54, 1.807) is 0 Å². The maximum atomic E-state index is 13.8. The summed E-state index contributed by atoms with van der Waals surface area (Å²) in [5, 5.41) is 0. The highest BCUT2D eigenvalue weighted by Crippen LogP contribution is 2.27. The summed E-state index contributed by atoms with van der Waals surface area (Å²) < 4.78 is 53.2. The number of hydrogen-bond donors (Lipinski definition) is 0. The summed E-state index contributed by atoms with van der Waals surface area (Å²) in [6.45, 7) is 0.716. The van der Waals surface area contributed by atoms with Crippen LogP contribution in [0.25, 0.3) is 0 Å². The van der Waals surface area contributed by atoms with Crippen LogP contribution in [-0.2, 0) is 16.4 Å². The normalized spacial score (nSPS) is 17.1. The van der Waals surface area contributed by atoms with Crippen molar-refractivity contribution in [2.24, 2.45) is 5.92 Å². The van der Waals surface area contributed by atoms with E-state index < -0.39 is 26.6 Å². The number of nitrogens with zero attached hydrogens (tertiary/aromatic N) is 1. The second-order valence-electron chi connectivity index (χ2n) is 6.11. The van der Waals surface area contributed by atoms with Gasteiger partial charge in [0.25, 0.3) is 0 Å². The van der Waals surface area contributed by atoms with Crippen LogP contribution in [0, 0.1) is 17.6 Å². The van der Waals surface area contributed by atoms with Crippen LogP contribution < -0.4 is 0 Å². The maximum Gasteiger partial charge on any atom is 0.245 e. The SMILES string of the molecule is O=S(=O)(c1ccc(F)cc1F)N1CCC(Cc2ccccc2)CC1. The van der Waals surface area contributed by atoms with Crippen molar-refractivity contribution in [3.05, 3.63) is 65.7 Å². The average molecular weight is 351 g/mol. The quantitative estimate of drug-likeness (QED) is 0.844. The van der Waals surface area contributed by atoms with Gasteiger partial charge in [-0.2, -0.15) is 4.31 Å². The predicted octanol–water partition coefficient (Wildman–Crippen LogP) is 3.61. The lowest BCUT2D eigenvalue weighted by molar-refractivity contribution is 0.272. The van der Waals surface area contributed by atoms with Crippen molar-refractivity contribution >= 4 is 10.0 Å². The summed E-state index contributed by atoms with van der Waals surface area (Å²) in [5.41, 5.74) is 1.24. The Morgan fingerprint density at radius 3 is 2.29 bits per heavy atom. The van der Waals surface area contributed by atoms with Crippen LogP contribution in [0.1, 0.15) is 18.4 Å². The van der Waals surface area contributed by atoms with E-state index in [0.29, 0.717) is 25.1 Å². The molecule has 0 amide bonds. The van der Waals surface area contributed by atoms with Crippen molar-refractivity contribution in [1.29, 1.82) is 0 Å². The summed E-state index contributed by atoms with van der Waals surface area (Å²) in [4.78, 5) is -0.453. The average Bonchev–Trinajstić information content (AvgIpc) is 2.56. The van der Waals surface area contributed by atoms with Crippen molar-refractivity contribution in [3.63, 3.8) is 0 Å². The molecule has 6 heteroatoms. The zero-order valence-electron chi connectivity index (χ0n) is 13.2. The van der Waals surface area contributed by atoms with Crippen LogP contribution in [-0.4, -0.2) is 25.8 Å². The van der Waals surface area contributed by atoms with Gasteiger partial charge in [-0.3, -0.25) is 0 Å². The topological polar surface area (TPSA) is 37.4 Å². The van der Waals surface area contributed by atoms with Gasteiger partial charge in [0.15, 0.2) is 0 Å². The molecule has 1 aliphatic rings. The van der Waals surface area contributed by atoms with Gasteiger partial charge in [-0.25, -0.2) is 17.2 Å². The van der Waals surface area contributed by atoms with Crippen LogP contribution >= 0.6 is 0 Å². The Bertz CT molecular complexity index is 801. The van der Waals surface area contributed by atoms with Crippen molar-refractivity contribution in [2.75, 3.05) is 13.1 Å². The minimum atomic E-state index is -3.91. The molecule has 0 atom stereocenters. The molecule has 1 heterocycles. The third-order valence-corrected chi connectivity index (χ3v) is 6.38. The highest BCUT2D eigenvalue weighted by molar-refractivity contribution is 7.89. The molecule has 24 heavy (non-hydrogen) atoms. The molecular formula is C18H19F2NO2S. The Morgan fingerprint density at radius 1 is 1.00 bits per heavy atom. The van der Waals surface area contributed by atoms with Gasteiger partial charge in [0.1, 0.15) is 16.5 Å². The minimum Gasteiger partial charge on any atom is -0.207 e. The van der Waals surface area contributed by atoms with Gasteiger partial charge in [0, 0.05) is 19.2 Å². The fourth-order valence-electron chi connectivity index (χ4n) is 3.12. The summed E-state index contributed by atoms with van der Waals surface area (Å²) in [6, 6.07) is 12.7. The lowest BCUT2D eigenvalue weighted by atomic mass is 9.91. The predicted molar refractivity (Wildman–Crippen MR) is 88.0 cm³/mol. The van der Waals surface area contributed by atoms with Crippen molar-refractivity contribution < 1.29 is 17.2 Å². The molecule has 0 saturated carbocycles. The molecule has 1 fully saturated rings. The van der Waals surface area contributed by atoms with E-state index in [1.165, 1.54) is 9.87 Å². The Kier molecular flexibility index (Phi) is 4.96. The molecule has 0 aromatic heterocycles. The second-order valence-corrected chi connectivity index (χ2v) is 8.02. The number of sulfonamides is 1. The molecule has 0 bridgehead atoms. The van der Waals surface area contributed by atoms with Gasteiger partial charge in [-0.15, -0.1) is 0 Å². The number of halogens is 2. The maximum absolute atomic E-state index is 13.8. The summed E-state index contributed by atoms with van der Waals surface area (Å²) in [7, 11) is -3.91. The molecule has 0 radical (unpaired) electrons. The van der Waals surface area contributed by atoms with Gasteiger partial charge >= 0.3 is 0 Å². The fraction of sp³-hybridized carbons (Fsp3) is 0.333. The number of benzene rings is 2. The molecule has 0 unspecified atom stereocenters. The lowest BCUT2D eigenvalue weighted by Gasteiger charge is -2.31. The molecule has 128 valence electrons. The van der Waals surface area contributed by atoms with E-state index >= 15 is 0 Å². The molecule has 3 nitrogen and oxygen atoms in total. The Balaban J connectivity index is 1.67. The fourth-order valence-corrected chi connectivity index (χ4v) is 4.64. The Labute approximate surface area is 141 Å². The minimum absolute atomic E-state index is 0.358. The second kappa shape index (κ2) is 6.99. The largest absolute Gasteiger partial charge is 0.245 e. The molecular weight excluding hydrogens is 332 g/mol. The smallest absolute Gasteiger partial charge is 0.207 e. The highest BCUT2D eigenvalue weighted by atomic mass is 32.2. The van der Waals surface area contributed by atoms with Crippen LogP contribution in [0.3, 0.4) is 0 Å². The van der Waals surface area contributed by atoms with Gasteiger partial charge in [0.2, 0.25) is 10.0 Å². The lowest BCUT2D eigenvalue weighted by Crippen LogP contribution is -2.39. The number of piperidine rings is 1. The van der Waals surface area contributed by atoms with E-state index in [-0.39, 0.29) is 0 Å². The summed E-state index contributed by atoms with van der Waals surface area (Å²) >= 11 is 0. The molecule has 0 spiro atoms. The van der Waals surface area contributed by atoms with Crippen molar-refractivity contribution in [3.8, 4) is 0 Å². The first kappa shape index (κ1) is 17.0. The van der Waals surface area contributed by atoms with Gasteiger partial charge in [-0.1, -0.05) is 30.3 Å². The zero-order valence-corrected chi connectivity index (χ0v) is 14.0. The molecule has 3 rings (SSSR count). The number of rotatable bonds is 4. The molecule has 1 aliphatic heterocycles. The summed E-state index contributed by atoms with van der Waals surface area (Å²) in [5.74, 6) is -1.41. The van der Waals surface area contributed by atoms with Crippen LogP contribution in [0.15, 0.2) is 53.4 Å². The van der Waals surface area contributed by atoms with Crippen molar-refractivity contribution in [2.45, 2.75) is 24.2 Å². The van der Waals surface area contributed by atoms with Crippen LogP contribution in [0.4, 0.5) is 8.78 Å². The Morgan fingerprint density at radius 2 is 1.67 bits per heavy atom. The van der Waals surface area contributed by atoms with E-state index in [1.807, 2.05) is 18.2 Å². The standard InChI is InChI=1S/C18H19F2NO2S/c19-16-6-7-18(17(20)13-16)24(22,23)21-10-8-15(9-11-21)12-14-4-2-1-3-5-14/h1-7,13,15H,8-12H2. The third-order valence-electron chi connectivity index (χ3n) is 4.45. The number of hydrogen-bond acceptors (Lipinski definition) is 2. The van der Waals surface area contributed by atoms with Gasteiger partial charge < -0.3 is 0 Å². The highest BCUT2D eigenvalue weighted by Gasteiger charge is 2.31. The van der Waals surface area contributed by atoms with Crippen molar-refractivity contribution in [1.82, 2.24) is 4.31 Å². The van der Waals surface area contributed by atoms with E-state index in [2.05, 4.69) is 12.1 Å². The van der Waals surface area contributed by atoms with E-state index in [0.717, 1.165) is 31.4 Å². The monoisotopic (exact) mass is 351 g/mol. The summed E-state index contributed by atoms with van der Waals surface area (Å²) in [6.07, 6.45) is 2.38. The first-order valence-corrected chi connectivity index (χ1v) is 9.40. The molecule has 0 N–H and O–H groups in total. The van der Waals surface area contributed by atoms with E-state index in [9.17, 15) is 17.2 Å². The van der Waals surface area contributed by atoms with Crippen LogP contribution in [0.5, 0.6) is 0 Å². The molecule has 2 aromatic rings. The third kappa shape index (κ3) is 3.65. The molecule has 0 aliphatic carbocycles. The first-order chi connectivity index (χ1) is 11.5. The molecule has 1 saturated heterocycles. The first-order valence-electron chi connectivity index (χ1n) is 7.96. The van der Waals surface area contributed by atoms with Crippen LogP contribution in [0.2, 0.25) is 0 Å². The van der Waals surface area contributed by atoms with Gasteiger partial charge in [0.05, 0.1) is 0 Å². The van der Waals surface area contributed by atoms with E-state index in [4.69, 9.17) is 0 Å². The van der Waals surface area contributed by atoms with Gasteiger partial charge in [-0.05, 0) is 42.9 Å². The Hall–Kier alpha value is -1.79. The zero-order chi connectivity index (χ0) is 17.2.